The van der Waals surface area contributed by atoms with Crippen LogP contribution in [0.5, 0.6) is 0 Å². The lowest BCUT2D eigenvalue weighted by molar-refractivity contribution is -0.154. The van der Waals surface area contributed by atoms with Crippen molar-refractivity contribution in [1.29, 1.82) is 0 Å². The van der Waals surface area contributed by atoms with E-state index in [0.29, 0.717) is 6.54 Å². The van der Waals surface area contributed by atoms with Gasteiger partial charge in [-0.15, -0.1) is 0 Å². The summed E-state index contributed by atoms with van der Waals surface area (Å²) in [7, 11) is 0. The first-order chi connectivity index (χ1) is 14.6. The molecule has 156 valence electrons. The van der Waals surface area contributed by atoms with Crippen LogP contribution in [0.2, 0.25) is 0 Å². The Hall–Kier alpha value is -2.73. The highest BCUT2D eigenvalue weighted by atomic mass is 19.1. The highest BCUT2D eigenvalue weighted by molar-refractivity contribution is 6.07. The number of aliphatic hydroxyl groups excluding tert-OH is 1. The maximum atomic E-state index is 14.3. The Morgan fingerprint density at radius 2 is 1.73 bits per heavy atom. The number of rotatable bonds is 3. The smallest absolute Gasteiger partial charge is 0.261 e. The van der Waals surface area contributed by atoms with Crippen molar-refractivity contribution in [1.82, 2.24) is 4.90 Å². The second-order valence-corrected chi connectivity index (χ2v) is 8.52. The van der Waals surface area contributed by atoms with Crippen LogP contribution in [0.25, 0.3) is 0 Å². The van der Waals surface area contributed by atoms with Crippen molar-refractivity contribution in [3.8, 4) is 0 Å². The van der Waals surface area contributed by atoms with Gasteiger partial charge in [0.25, 0.3) is 5.91 Å². The fraction of sp³-hybridized carbons (Fsp3) is 0.417. The van der Waals surface area contributed by atoms with E-state index in [1.807, 2.05) is 24.3 Å². The van der Waals surface area contributed by atoms with Gasteiger partial charge in [0.05, 0.1) is 24.3 Å². The van der Waals surface area contributed by atoms with Crippen molar-refractivity contribution >= 4 is 17.5 Å². The zero-order valence-corrected chi connectivity index (χ0v) is 16.7. The molecule has 3 aliphatic rings. The number of hydrogen-bond donors (Lipinski definition) is 1. The minimum absolute atomic E-state index is 0.00731. The topological polar surface area (TPSA) is 60.9 Å². The SMILES string of the molecule is O=C(c1ccccc1F)N1C[C@H]2[C@@H](c3ccccc31)[C@H](CO)N2C(=O)C1CCCC1. The summed E-state index contributed by atoms with van der Waals surface area (Å²) >= 11 is 0. The summed E-state index contributed by atoms with van der Waals surface area (Å²) in [4.78, 5) is 29.9. The van der Waals surface area contributed by atoms with Crippen LogP contribution in [0, 0.1) is 11.7 Å². The summed E-state index contributed by atoms with van der Waals surface area (Å²) in [6, 6.07) is 13.1. The van der Waals surface area contributed by atoms with Crippen LogP contribution >= 0.6 is 0 Å². The number of likely N-dealkylation sites (tertiary alicyclic amines) is 1. The molecule has 5 nitrogen and oxygen atoms in total. The van der Waals surface area contributed by atoms with Crippen LogP contribution in [-0.4, -0.2) is 47.1 Å². The van der Waals surface area contributed by atoms with E-state index in [1.165, 1.54) is 12.1 Å². The average Bonchev–Trinajstić information content (AvgIpc) is 3.29. The van der Waals surface area contributed by atoms with Gasteiger partial charge in [-0.3, -0.25) is 9.59 Å². The standard InChI is InChI=1S/C24H25FN2O3/c25-18-11-5-3-9-16(18)24(30)26-13-20-22(17-10-4-6-12-19(17)26)21(14-28)27(20)23(29)15-7-1-2-8-15/h3-6,9-12,15,20-22,28H,1-2,7-8,13-14H2/t20-,21-,22+/m0/s1. The number of anilines is 1. The van der Waals surface area contributed by atoms with Crippen molar-refractivity contribution in [2.45, 2.75) is 43.7 Å². The summed E-state index contributed by atoms with van der Waals surface area (Å²) in [5.41, 5.74) is 1.70. The minimum Gasteiger partial charge on any atom is -0.394 e. The molecule has 6 heteroatoms. The summed E-state index contributed by atoms with van der Waals surface area (Å²) in [6.07, 6.45) is 3.89. The third-order valence-corrected chi connectivity index (χ3v) is 7.00. The van der Waals surface area contributed by atoms with E-state index >= 15 is 0 Å². The van der Waals surface area contributed by atoms with Gasteiger partial charge in [-0.2, -0.15) is 0 Å². The van der Waals surface area contributed by atoms with E-state index in [0.717, 1.165) is 36.9 Å². The van der Waals surface area contributed by atoms with Crippen molar-refractivity contribution < 1.29 is 19.1 Å². The van der Waals surface area contributed by atoms with Crippen molar-refractivity contribution in [3.05, 3.63) is 65.5 Å². The highest BCUT2D eigenvalue weighted by Crippen LogP contribution is 2.49. The van der Waals surface area contributed by atoms with Gasteiger partial charge < -0.3 is 14.9 Å². The third-order valence-electron chi connectivity index (χ3n) is 7.00. The van der Waals surface area contributed by atoms with Crippen molar-refractivity contribution in [2.24, 2.45) is 5.92 Å². The molecule has 30 heavy (non-hydrogen) atoms. The molecule has 0 bridgehead atoms. The molecule has 2 aliphatic heterocycles. The number of benzene rings is 2. The summed E-state index contributed by atoms with van der Waals surface area (Å²) in [6.45, 7) is 0.207. The van der Waals surface area contributed by atoms with Gasteiger partial charge in [0, 0.05) is 24.1 Å². The van der Waals surface area contributed by atoms with Crippen LogP contribution in [0.15, 0.2) is 48.5 Å². The van der Waals surface area contributed by atoms with Gasteiger partial charge >= 0.3 is 0 Å². The second kappa shape index (κ2) is 7.51. The molecule has 1 N–H and O–H groups in total. The van der Waals surface area contributed by atoms with Crippen molar-refractivity contribution in [2.75, 3.05) is 18.1 Å². The maximum Gasteiger partial charge on any atom is 0.261 e. The summed E-state index contributed by atoms with van der Waals surface area (Å²) < 4.78 is 14.3. The first kappa shape index (κ1) is 19.2. The van der Waals surface area contributed by atoms with E-state index < -0.39 is 11.7 Å². The first-order valence-electron chi connectivity index (χ1n) is 10.7. The molecule has 1 saturated heterocycles. The van der Waals surface area contributed by atoms with E-state index in [4.69, 9.17) is 0 Å². The lowest BCUT2D eigenvalue weighted by Crippen LogP contribution is -2.71. The van der Waals surface area contributed by atoms with Crippen LogP contribution in [0.1, 0.15) is 47.5 Å². The number of halogens is 1. The van der Waals surface area contributed by atoms with Gasteiger partial charge in [-0.05, 0) is 36.6 Å². The highest BCUT2D eigenvalue weighted by Gasteiger charge is 2.56. The molecule has 2 aromatic rings. The Balaban J connectivity index is 1.52. The molecular weight excluding hydrogens is 383 g/mol. The summed E-state index contributed by atoms with van der Waals surface area (Å²) in [5, 5.41) is 10.1. The van der Waals surface area contributed by atoms with Crippen molar-refractivity contribution in [3.63, 3.8) is 0 Å². The van der Waals surface area contributed by atoms with E-state index in [-0.39, 0.29) is 42.0 Å². The lowest BCUT2D eigenvalue weighted by atomic mass is 9.71. The number of carbonyl (C=O) groups excluding carboxylic acids is 2. The van der Waals surface area contributed by atoms with Gasteiger partial charge in [-0.25, -0.2) is 4.39 Å². The Kier molecular flexibility index (Phi) is 4.82. The zero-order valence-electron chi connectivity index (χ0n) is 16.7. The normalized spacial score (nSPS) is 25.5. The molecule has 0 spiro atoms. The molecular formula is C24H25FN2O3. The predicted molar refractivity (Wildman–Crippen MR) is 111 cm³/mol. The van der Waals surface area contributed by atoms with Crippen LogP contribution in [0.3, 0.4) is 0 Å². The number of amides is 2. The lowest BCUT2D eigenvalue weighted by Gasteiger charge is -2.59. The number of para-hydroxylation sites is 1. The van der Waals surface area contributed by atoms with Gasteiger partial charge in [0.1, 0.15) is 5.82 Å². The largest absolute Gasteiger partial charge is 0.394 e. The number of nitrogens with zero attached hydrogens (tertiary/aromatic N) is 2. The maximum absolute atomic E-state index is 14.3. The predicted octanol–water partition coefficient (Wildman–Crippen LogP) is 3.33. The number of aliphatic hydroxyl groups is 1. The third kappa shape index (κ3) is 2.85. The molecule has 0 unspecified atom stereocenters. The Morgan fingerprint density at radius 1 is 1.03 bits per heavy atom. The first-order valence-corrected chi connectivity index (χ1v) is 10.7. The molecule has 0 aromatic heterocycles. The molecule has 1 aliphatic carbocycles. The Morgan fingerprint density at radius 3 is 2.47 bits per heavy atom. The molecule has 5 rings (SSSR count). The number of carbonyl (C=O) groups is 2. The average molecular weight is 408 g/mol. The van der Waals surface area contributed by atoms with E-state index in [9.17, 15) is 19.1 Å². The van der Waals surface area contributed by atoms with Gasteiger partial charge in [0.15, 0.2) is 0 Å². The molecule has 1 saturated carbocycles. The quantitative estimate of drug-likeness (QED) is 0.848. The Labute approximate surface area is 175 Å². The minimum atomic E-state index is -0.553. The van der Waals surface area contributed by atoms with Gasteiger partial charge in [0.2, 0.25) is 5.91 Å². The second-order valence-electron chi connectivity index (χ2n) is 8.52. The number of fused-ring (bicyclic) bond motifs is 3. The van der Waals surface area contributed by atoms with Crippen LogP contribution < -0.4 is 4.90 Å². The van der Waals surface area contributed by atoms with Crippen LogP contribution in [-0.2, 0) is 4.79 Å². The molecule has 2 aromatic carbocycles. The Bertz CT molecular complexity index is 988. The number of hydrogen-bond acceptors (Lipinski definition) is 3. The van der Waals surface area contributed by atoms with Gasteiger partial charge in [-0.1, -0.05) is 43.2 Å². The van der Waals surface area contributed by atoms with E-state index in [1.54, 1.807) is 21.9 Å². The van der Waals surface area contributed by atoms with E-state index in [2.05, 4.69) is 0 Å². The fourth-order valence-electron chi connectivity index (χ4n) is 5.55. The molecule has 0 radical (unpaired) electrons. The molecule has 2 fully saturated rings. The molecule has 2 amide bonds. The van der Waals surface area contributed by atoms with Crippen LogP contribution in [0.4, 0.5) is 10.1 Å². The monoisotopic (exact) mass is 408 g/mol. The fourth-order valence-corrected chi connectivity index (χ4v) is 5.55. The molecule has 2 heterocycles. The zero-order chi connectivity index (χ0) is 20.8. The summed E-state index contributed by atoms with van der Waals surface area (Å²) in [5.74, 6) is -0.873. The molecule has 3 atom stereocenters.